The Morgan fingerprint density at radius 2 is 1.78 bits per heavy atom. The molecule has 27 heavy (non-hydrogen) atoms. The van der Waals surface area contributed by atoms with Gasteiger partial charge in [0.25, 0.3) is 0 Å². The average molecular weight is 435 g/mol. The lowest BCUT2D eigenvalue weighted by atomic mass is 10.1. The summed E-state index contributed by atoms with van der Waals surface area (Å²) in [5.41, 5.74) is 4.00. The van der Waals surface area contributed by atoms with Crippen LogP contribution >= 0.6 is 27.7 Å². The Balaban J connectivity index is 1.82. The zero-order valence-electron chi connectivity index (χ0n) is 14.9. The molecule has 0 unspecified atom stereocenters. The zero-order valence-corrected chi connectivity index (χ0v) is 17.3. The molecule has 3 rings (SSSR count). The molecule has 0 aliphatic carbocycles. The topological polar surface area (TPSA) is 20.2 Å². The quantitative estimate of drug-likeness (QED) is 0.364. The SMILES string of the molecule is Cc1cc(SC/C=C(\C#Cc2ccccc2)c2ccc(Br)cc2)ccc1O. The fraction of sp³-hybridized carbons (Fsp3) is 0.0833. The number of phenols is 1. The Morgan fingerprint density at radius 3 is 2.48 bits per heavy atom. The van der Waals surface area contributed by atoms with Crippen LogP contribution in [0, 0.1) is 18.8 Å². The summed E-state index contributed by atoms with van der Waals surface area (Å²) in [5.74, 6) is 7.71. The van der Waals surface area contributed by atoms with Gasteiger partial charge < -0.3 is 5.11 Å². The summed E-state index contributed by atoms with van der Waals surface area (Å²) in [6, 6.07) is 23.9. The number of aryl methyl sites for hydroxylation is 1. The highest BCUT2D eigenvalue weighted by Gasteiger charge is 2.01. The molecule has 0 aliphatic rings. The van der Waals surface area contributed by atoms with E-state index in [0.717, 1.165) is 37.4 Å². The van der Waals surface area contributed by atoms with Gasteiger partial charge in [0.15, 0.2) is 0 Å². The average Bonchev–Trinajstić information content (AvgIpc) is 2.69. The van der Waals surface area contributed by atoms with Crippen LogP contribution in [0.1, 0.15) is 16.7 Å². The number of benzene rings is 3. The Hall–Kier alpha value is -2.41. The monoisotopic (exact) mass is 434 g/mol. The van der Waals surface area contributed by atoms with E-state index in [1.54, 1.807) is 17.8 Å². The summed E-state index contributed by atoms with van der Waals surface area (Å²) in [7, 11) is 0. The zero-order chi connectivity index (χ0) is 19.1. The molecule has 0 spiro atoms. The molecule has 3 heteroatoms. The smallest absolute Gasteiger partial charge is 0.118 e. The Morgan fingerprint density at radius 1 is 1.04 bits per heavy atom. The van der Waals surface area contributed by atoms with Crippen LogP contribution in [0.3, 0.4) is 0 Å². The molecule has 0 atom stereocenters. The van der Waals surface area contributed by atoms with Crippen molar-refractivity contribution in [2.45, 2.75) is 11.8 Å². The highest BCUT2D eigenvalue weighted by molar-refractivity contribution is 9.10. The number of allylic oxidation sites excluding steroid dienone is 1. The Bertz CT molecular complexity index is 996. The van der Waals surface area contributed by atoms with Gasteiger partial charge in [-0.05, 0) is 60.5 Å². The summed E-state index contributed by atoms with van der Waals surface area (Å²) in [6.45, 7) is 1.91. The van der Waals surface area contributed by atoms with E-state index >= 15 is 0 Å². The molecule has 134 valence electrons. The molecule has 3 aromatic rings. The van der Waals surface area contributed by atoms with E-state index in [4.69, 9.17) is 0 Å². The molecule has 0 bridgehead atoms. The van der Waals surface area contributed by atoms with Crippen molar-refractivity contribution < 1.29 is 5.11 Å². The molecule has 0 radical (unpaired) electrons. The summed E-state index contributed by atoms with van der Waals surface area (Å²) in [4.78, 5) is 1.13. The molecular formula is C24H19BrOS. The second-order valence-electron chi connectivity index (χ2n) is 6.00. The number of hydrogen-bond donors (Lipinski definition) is 1. The van der Waals surface area contributed by atoms with Crippen LogP contribution in [0.15, 0.2) is 88.2 Å². The number of rotatable bonds is 4. The highest BCUT2D eigenvalue weighted by Crippen LogP contribution is 2.26. The first-order valence-corrected chi connectivity index (χ1v) is 10.4. The van der Waals surface area contributed by atoms with Crippen molar-refractivity contribution in [2.24, 2.45) is 0 Å². The number of hydrogen-bond acceptors (Lipinski definition) is 2. The van der Waals surface area contributed by atoms with Gasteiger partial charge in [0.1, 0.15) is 5.75 Å². The lowest BCUT2D eigenvalue weighted by Crippen LogP contribution is -1.85. The van der Waals surface area contributed by atoms with Crippen LogP contribution < -0.4 is 0 Å². The van der Waals surface area contributed by atoms with Gasteiger partial charge in [0, 0.05) is 26.3 Å². The van der Waals surface area contributed by atoms with Crippen LogP contribution in [0.25, 0.3) is 5.57 Å². The third-order valence-corrected chi connectivity index (χ3v) is 5.43. The molecule has 0 saturated carbocycles. The molecule has 0 aliphatic heterocycles. The van der Waals surface area contributed by atoms with Gasteiger partial charge in [0.05, 0.1) is 0 Å². The first-order chi connectivity index (χ1) is 13.1. The minimum atomic E-state index is 0.333. The molecule has 1 N–H and O–H groups in total. The van der Waals surface area contributed by atoms with E-state index in [-0.39, 0.29) is 0 Å². The predicted octanol–water partition coefficient (Wildman–Crippen LogP) is 6.69. The van der Waals surface area contributed by atoms with E-state index in [1.807, 2.05) is 61.5 Å². The number of thioether (sulfide) groups is 1. The summed E-state index contributed by atoms with van der Waals surface area (Å²) in [6.07, 6.45) is 2.16. The van der Waals surface area contributed by atoms with Crippen molar-refractivity contribution in [3.05, 3.63) is 100 Å². The Labute approximate surface area is 173 Å². The van der Waals surface area contributed by atoms with Crippen LogP contribution in [-0.2, 0) is 0 Å². The fourth-order valence-corrected chi connectivity index (χ4v) is 3.60. The standard InChI is InChI=1S/C24H19BrOS/c1-18-17-23(13-14-24(18)26)27-16-15-21(20-9-11-22(25)12-10-20)8-7-19-5-3-2-4-6-19/h2-6,9-15,17,26H,16H2,1H3/b21-15+. The second kappa shape index (κ2) is 9.50. The highest BCUT2D eigenvalue weighted by atomic mass is 79.9. The molecular weight excluding hydrogens is 416 g/mol. The summed E-state index contributed by atoms with van der Waals surface area (Å²) in [5, 5.41) is 9.66. The minimum Gasteiger partial charge on any atom is -0.508 e. The van der Waals surface area contributed by atoms with Crippen molar-refractivity contribution >= 4 is 33.3 Å². The van der Waals surface area contributed by atoms with Gasteiger partial charge in [0.2, 0.25) is 0 Å². The van der Waals surface area contributed by atoms with Gasteiger partial charge in [-0.3, -0.25) is 0 Å². The van der Waals surface area contributed by atoms with Crippen LogP contribution in [-0.4, -0.2) is 10.9 Å². The molecule has 3 aromatic carbocycles. The third-order valence-electron chi connectivity index (χ3n) is 3.98. The van der Waals surface area contributed by atoms with Crippen molar-refractivity contribution in [2.75, 3.05) is 5.75 Å². The van der Waals surface area contributed by atoms with Crippen LogP contribution in [0.5, 0.6) is 5.75 Å². The predicted molar refractivity (Wildman–Crippen MR) is 119 cm³/mol. The molecule has 1 nitrogen and oxygen atoms in total. The maximum atomic E-state index is 9.66. The van der Waals surface area contributed by atoms with Crippen molar-refractivity contribution in [3.63, 3.8) is 0 Å². The van der Waals surface area contributed by atoms with E-state index in [9.17, 15) is 5.11 Å². The first kappa shape index (κ1) is 19.4. The van der Waals surface area contributed by atoms with Crippen molar-refractivity contribution in [3.8, 4) is 17.6 Å². The molecule has 0 fully saturated rings. The summed E-state index contributed by atoms with van der Waals surface area (Å²) >= 11 is 5.21. The number of aromatic hydroxyl groups is 1. The summed E-state index contributed by atoms with van der Waals surface area (Å²) < 4.78 is 1.05. The van der Waals surface area contributed by atoms with Gasteiger partial charge in [-0.25, -0.2) is 0 Å². The van der Waals surface area contributed by atoms with Crippen molar-refractivity contribution in [1.82, 2.24) is 0 Å². The molecule has 0 heterocycles. The molecule has 0 amide bonds. The van der Waals surface area contributed by atoms with E-state index in [2.05, 4.69) is 46.0 Å². The Kier molecular flexibility index (Phi) is 6.81. The third kappa shape index (κ3) is 5.79. The number of halogens is 1. The maximum Gasteiger partial charge on any atom is 0.118 e. The normalized spacial score (nSPS) is 11.0. The van der Waals surface area contributed by atoms with Gasteiger partial charge >= 0.3 is 0 Å². The van der Waals surface area contributed by atoms with Gasteiger partial charge in [-0.15, -0.1) is 11.8 Å². The minimum absolute atomic E-state index is 0.333. The van der Waals surface area contributed by atoms with Crippen LogP contribution in [0.2, 0.25) is 0 Å². The molecule has 0 aromatic heterocycles. The second-order valence-corrected chi connectivity index (χ2v) is 8.01. The van der Waals surface area contributed by atoms with Gasteiger partial charge in [-0.2, -0.15) is 0 Å². The van der Waals surface area contributed by atoms with E-state index in [1.165, 1.54) is 0 Å². The van der Waals surface area contributed by atoms with Gasteiger partial charge in [-0.1, -0.05) is 64.2 Å². The first-order valence-electron chi connectivity index (χ1n) is 8.57. The fourth-order valence-electron chi connectivity index (χ4n) is 2.47. The van der Waals surface area contributed by atoms with E-state index in [0.29, 0.717) is 5.75 Å². The lowest BCUT2D eigenvalue weighted by Gasteiger charge is -2.04. The maximum absolute atomic E-state index is 9.66. The lowest BCUT2D eigenvalue weighted by molar-refractivity contribution is 0.470. The molecule has 0 saturated heterocycles. The van der Waals surface area contributed by atoms with E-state index < -0.39 is 0 Å². The largest absolute Gasteiger partial charge is 0.508 e. The van der Waals surface area contributed by atoms with Crippen LogP contribution in [0.4, 0.5) is 0 Å². The number of phenolic OH excluding ortho intramolecular Hbond substituents is 1. The van der Waals surface area contributed by atoms with Crippen molar-refractivity contribution in [1.29, 1.82) is 0 Å².